The fourth-order valence-corrected chi connectivity index (χ4v) is 1.41. The number of carbonyl (C=O) groups is 2. The van der Waals surface area contributed by atoms with Crippen LogP contribution >= 0.6 is 0 Å². The summed E-state index contributed by atoms with van der Waals surface area (Å²) in [5.41, 5.74) is 0. The lowest BCUT2D eigenvalue weighted by atomic mass is 10.0. The van der Waals surface area contributed by atoms with Crippen molar-refractivity contribution < 1.29 is 14.7 Å². The Bertz CT molecular complexity index is 289. The Balaban J connectivity index is 4.57. The quantitative estimate of drug-likeness (QED) is 0.661. The van der Waals surface area contributed by atoms with Crippen LogP contribution in [0.25, 0.3) is 0 Å². The summed E-state index contributed by atoms with van der Waals surface area (Å²) >= 11 is 0. The van der Waals surface area contributed by atoms with Crippen LogP contribution in [0.4, 0.5) is 0 Å². The molecule has 0 radical (unpaired) electrons. The van der Waals surface area contributed by atoms with E-state index in [9.17, 15) is 14.5 Å². The van der Waals surface area contributed by atoms with Gasteiger partial charge in [-0.25, -0.2) is 4.79 Å². The number of nitroso groups, excluding NO2 is 1. The van der Waals surface area contributed by atoms with Gasteiger partial charge in [-0.2, -0.15) is 0 Å². The summed E-state index contributed by atoms with van der Waals surface area (Å²) in [6.45, 7) is 7.10. The topological polar surface area (TPSA) is 95.8 Å². The molecule has 0 aliphatic heterocycles. The standard InChI is InChI=1S/C11H20N2O4/c1-6(2)5-8(13-17)10(14)12-9(7(3)4)11(15)16/h6-9H,5H2,1-4H3,(H,12,14)(H,15,16). The third-order valence-electron chi connectivity index (χ3n) is 2.36. The summed E-state index contributed by atoms with van der Waals surface area (Å²) in [6, 6.07) is -2.01. The van der Waals surface area contributed by atoms with Crippen molar-refractivity contribution in [1.29, 1.82) is 0 Å². The Kier molecular flexibility index (Phi) is 6.38. The van der Waals surface area contributed by atoms with Crippen molar-refractivity contribution in [3.05, 3.63) is 4.91 Å². The lowest BCUT2D eigenvalue weighted by molar-refractivity contribution is -0.143. The third kappa shape index (κ3) is 5.42. The number of nitrogens with zero attached hydrogens (tertiary/aromatic N) is 1. The van der Waals surface area contributed by atoms with Gasteiger partial charge in [-0.15, -0.1) is 4.91 Å². The highest BCUT2D eigenvalue weighted by atomic mass is 16.4. The number of rotatable bonds is 7. The minimum atomic E-state index is -1.11. The van der Waals surface area contributed by atoms with Gasteiger partial charge in [0, 0.05) is 0 Å². The van der Waals surface area contributed by atoms with Gasteiger partial charge in [0.05, 0.1) is 0 Å². The fraction of sp³-hybridized carbons (Fsp3) is 0.818. The van der Waals surface area contributed by atoms with Crippen LogP contribution in [0.5, 0.6) is 0 Å². The molecule has 17 heavy (non-hydrogen) atoms. The van der Waals surface area contributed by atoms with Gasteiger partial charge in [-0.3, -0.25) is 4.79 Å². The van der Waals surface area contributed by atoms with Crippen LogP contribution in [-0.4, -0.2) is 29.1 Å². The lowest BCUT2D eigenvalue weighted by Gasteiger charge is -2.20. The maximum absolute atomic E-state index is 11.7. The molecular weight excluding hydrogens is 224 g/mol. The Labute approximate surface area is 101 Å². The van der Waals surface area contributed by atoms with Gasteiger partial charge in [0.2, 0.25) is 5.91 Å². The zero-order chi connectivity index (χ0) is 13.6. The molecule has 0 spiro atoms. The molecule has 6 heteroatoms. The van der Waals surface area contributed by atoms with Crippen LogP contribution < -0.4 is 5.32 Å². The van der Waals surface area contributed by atoms with Crippen LogP contribution in [0.1, 0.15) is 34.1 Å². The highest BCUT2D eigenvalue weighted by molar-refractivity contribution is 5.87. The molecule has 0 bridgehead atoms. The summed E-state index contributed by atoms with van der Waals surface area (Å²) in [5, 5.41) is 14.0. The molecule has 2 unspecified atom stereocenters. The maximum atomic E-state index is 11.7. The van der Waals surface area contributed by atoms with E-state index in [1.54, 1.807) is 13.8 Å². The summed E-state index contributed by atoms with van der Waals surface area (Å²) in [6.07, 6.45) is 0.319. The van der Waals surface area contributed by atoms with Crippen LogP contribution in [0.3, 0.4) is 0 Å². The van der Waals surface area contributed by atoms with Crippen LogP contribution in [0.15, 0.2) is 5.18 Å². The van der Waals surface area contributed by atoms with Gasteiger partial charge >= 0.3 is 5.97 Å². The highest BCUT2D eigenvalue weighted by Crippen LogP contribution is 2.10. The van der Waals surface area contributed by atoms with Crippen molar-refractivity contribution in [3.8, 4) is 0 Å². The molecule has 0 heterocycles. The van der Waals surface area contributed by atoms with Gasteiger partial charge in [0.1, 0.15) is 6.04 Å². The molecule has 0 fully saturated rings. The molecule has 2 atom stereocenters. The molecular formula is C11H20N2O4. The van der Waals surface area contributed by atoms with E-state index in [1.807, 2.05) is 13.8 Å². The van der Waals surface area contributed by atoms with E-state index in [0.717, 1.165) is 0 Å². The Morgan fingerprint density at radius 2 is 1.76 bits per heavy atom. The molecule has 2 N–H and O–H groups in total. The maximum Gasteiger partial charge on any atom is 0.326 e. The monoisotopic (exact) mass is 244 g/mol. The van der Waals surface area contributed by atoms with E-state index in [1.165, 1.54) is 0 Å². The number of hydrogen-bond donors (Lipinski definition) is 2. The Hall–Kier alpha value is -1.46. The normalized spacial score (nSPS) is 14.5. The molecule has 6 nitrogen and oxygen atoms in total. The molecule has 0 rings (SSSR count). The van der Waals surface area contributed by atoms with Crippen LogP contribution in [-0.2, 0) is 9.59 Å². The first-order valence-electron chi connectivity index (χ1n) is 5.65. The van der Waals surface area contributed by atoms with Crippen molar-refractivity contribution in [1.82, 2.24) is 5.32 Å². The van der Waals surface area contributed by atoms with Gasteiger partial charge in [-0.05, 0) is 18.3 Å². The molecule has 0 saturated carbocycles. The van der Waals surface area contributed by atoms with Gasteiger partial charge < -0.3 is 10.4 Å². The molecule has 0 aliphatic rings. The number of nitrogens with one attached hydrogen (secondary N) is 1. The predicted octanol–water partition coefficient (Wildman–Crippen LogP) is 1.39. The third-order valence-corrected chi connectivity index (χ3v) is 2.36. The van der Waals surface area contributed by atoms with E-state index in [4.69, 9.17) is 5.11 Å². The molecule has 98 valence electrons. The average Bonchev–Trinajstić information content (AvgIpc) is 2.20. The summed E-state index contributed by atoms with van der Waals surface area (Å²) in [5.74, 6) is -1.83. The second-order valence-corrected chi connectivity index (χ2v) is 4.82. The Morgan fingerprint density at radius 3 is 2.06 bits per heavy atom. The van der Waals surface area contributed by atoms with Gasteiger partial charge in [-0.1, -0.05) is 32.9 Å². The largest absolute Gasteiger partial charge is 0.480 e. The minimum Gasteiger partial charge on any atom is -0.480 e. The summed E-state index contributed by atoms with van der Waals surface area (Å²) in [7, 11) is 0. The van der Waals surface area contributed by atoms with E-state index in [2.05, 4.69) is 10.5 Å². The zero-order valence-electron chi connectivity index (χ0n) is 10.6. The second-order valence-electron chi connectivity index (χ2n) is 4.82. The van der Waals surface area contributed by atoms with Crippen molar-refractivity contribution in [3.63, 3.8) is 0 Å². The number of hydrogen-bond acceptors (Lipinski definition) is 4. The second kappa shape index (κ2) is 6.98. The summed E-state index contributed by atoms with van der Waals surface area (Å²) < 4.78 is 0. The smallest absolute Gasteiger partial charge is 0.326 e. The first kappa shape index (κ1) is 15.5. The Morgan fingerprint density at radius 1 is 1.24 bits per heavy atom. The van der Waals surface area contributed by atoms with E-state index in [-0.39, 0.29) is 11.8 Å². The number of carbonyl (C=O) groups excluding carboxylic acids is 1. The molecule has 0 aromatic rings. The van der Waals surface area contributed by atoms with Crippen molar-refractivity contribution in [2.45, 2.75) is 46.2 Å². The van der Waals surface area contributed by atoms with E-state index < -0.39 is 24.0 Å². The fourth-order valence-electron chi connectivity index (χ4n) is 1.41. The highest BCUT2D eigenvalue weighted by Gasteiger charge is 2.28. The molecule has 0 aromatic heterocycles. The number of carboxylic acids is 1. The van der Waals surface area contributed by atoms with E-state index >= 15 is 0 Å². The number of aliphatic carboxylic acids is 1. The number of carboxylic acid groups (broad SMARTS) is 1. The first-order valence-corrected chi connectivity index (χ1v) is 5.65. The predicted molar refractivity (Wildman–Crippen MR) is 63.4 cm³/mol. The van der Waals surface area contributed by atoms with Crippen molar-refractivity contribution >= 4 is 11.9 Å². The molecule has 0 saturated heterocycles. The van der Waals surface area contributed by atoms with Crippen LogP contribution in [0.2, 0.25) is 0 Å². The SMILES string of the molecule is CC(C)CC(N=O)C(=O)NC(C(=O)O)C(C)C. The lowest BCUT2D eigenvalue weighted by Crippen LogP contribution is -2.47. The molecule has 0 aromatic carbocycles. The van der Waals surface area contributed by atoms with Crippen molar-refractivity contribution in [2.24, 2.45) is 17.0 Å². The first-order chi connectivity index (χ1) is 7.79. The zero-order valence-corrected chi connectivity index (χ0v) is 10.6. The minimum absolute atomic E-state index is 0.144. The average molecular weight is 244 g/mol. The van der Waals surface area contributed by atoms with Gasteiger partial charge in [0.15, 0.2) is 6.04 Å². The van der Waals surface area contributed by atoms with E-state index in [0.29, 0.717) is 6.42 Å². The number of amides is 1. The molecule has 1 amide bonds. The van der Waals surface area contributed by atoms with Crippen molar-refractivity contribution in [2.75, 3.05) is 0 Å². The van der Waals surface area contributed by atoms with Gasteiger partial charge in [0.25, 0.3) is 0 Å². The van der Waals surface area contributed by atoms with Crippen LogP contribution in [0, 0.1) is 16.7 Å². The summed E-state index contributed by atoms with van der Waals surface area (Å²) in [4.78, 5) is 33.1. The molecule has 0 aliphatic carbocycles.